The second-order valence-electron chi connectivity index (χ2n) is 7.32. The van der Waals surface area contributed by atoms with Gasteiger partial charge in [0.25, 0.3) is 5.91 Å². The van der Waals surface area contributed by atoms with Crippen molar-refractivity contribution in [1.82, 2.24) is 4.90 Å². The first-order chi connectivity index (χ1) is 13.9. The maximum absolute atomic E-state index is 13.2. The van der Waals surface area contributed by atoms with Gasteiger partial charge in [-0.25, -0.2) is 4.79 Å². The van der Waals surface area contributed by atoms with Crippen LogP contribution < -0.4 is 0 Å². The number of amides is 1. The van der Waals surface area contributed by atoms with Gasteiger partial charge in [-0.3, -0.25) is 4.79 Å². The van der Waals surface area contributed by atoms with E-state index in [0.29, 0.717) is 24.2 Å². The fourth-order valence-corrected chi connectivity index (χ4v) is 6.02. The molecule has 4 rings (SSSR count). The fraction of sp³-hybridized carbons (Fsp3) is 0.304. The molecule has 6 heteroatoms. The summed E-state index contributed by atoms with van der Waals surface area (Å²) in [7, 11) is 0. The monoisotopic (exact) mass is 517 g/mol. The van der Waals surface area contributed by atoms with E-state index in [2.05, 4.69) is 44.0 Å². The summed E-state index contributed by atoms with van der Waals surface area (Å²) in [5, 5.41) is 0. The van der Waals surface area contributed by atoms with E-state index in [9.17, 15) is 9.59 Å². The summed E-state index contributed by atoms with van der Waals surface area (Å²) >= 11 is 7.53. The topological polar surface area (TPSA) is 46.6 Å². The van der Waals surface area contributed by atoms with Crippen molar-refractivity contribution in [3.05, 3.63) is 83.6 Å². The number of carbonyl (C=O) groups is 2. The molecule has 0 radical (unpaired) electrons. The number of fused-ring (bicyclic) bond motifs is 1. The predicted octanol–water partition coefficient (Wildman–Crippen LogP) is 4.93. The number of hydrogen-bond acceptors (Lipinski definition) is 3. The van der Waals surface area contributed by atoms with Crippen LogP contribution >= 0.6 is 31.9 Å². The van der Waals surface area contributed by atoms with Crippen LogP contribution in [0.5, 0.6) is 0 Å². The summed E-state index contributed by atoms with van der Waals surface area (Å²) in [5.41, 5.74) is 2.29. The van der Waals surface area contributed by atoms with Crippen LogP contribution in [0.2, 0.25) is 0 Å². The van der Waals surface area contributed by atoms with E-state index in [1.807, 2.05) is 36.4 Å². The molecule has 2 aromatic rings. The molecule has 1 heterocycles. The highest BCUT2D eigenvalue weighted by Crippen LogP contribution is 2.66. The van der Waals surface area contributed by atoms with Crippen molar-refractivity contribution in [2.24, 2.45) is 11.8 Å². The van der Waals surface area contributed by atoms with Crippen LogP contribution in [0.15, 0.2) is 72.4 Å². The standard InChI is InChI=1S/C23H21Br2NO3/c1-2-29-22(28)18-14-26(21(27)16-11-7-4-8-12-16)20-19(23(20,24)25)17(18)13-15-9-5-3-6-10-15/h3-12,14,17,19-20H,2,13H2,1H3/t17-,19-,20+/m0/s1. The van der Waals surface area contributed by atoms with Crippen LogP contribution in [0.4, 0.5) is 0 Å². The molecule has 0 bridgehead atoms. The summed E-state index contributed by atoms with van der Waals surface area (Å²) in [6, 6.07) is 19.1. The molecule has 0 spiro atoms. The zero-order valence-electron chi connectivity index (χ0n) is 15.9. The molecule has 1 fully saturated rings. The normalized spacial score (nSPS) is 24.3. The molecule has 0 aromatic heterocycles. The van der Waals surface area contributed by atoms with Crippen molar-refractivity contribution in [2.45, 2.75) is 22.6 Å². The van der Waals surface area contributed by atoms with E-state index in [1.54, 1.807) is 30.2 Å². The molecule has 150 valence electrons. The average Bonchev–Trinajstić information content (AvgIpc) is 3.31. The Morgan fingerprint density at radius 3 is 2.28 bits per heavy atom. The first-order valence-electron chi connectivity index (χ1n) is 9.63. The van der Waals surface area contributed by atoms with Crippen molar-refractivity contribution in [2.75, 3.05) is 6.61 Å². The third-order valence-corrected chi connectivity index (χ3v) is 7.54. The van der Waals surface area contributed by atoms with Gasteiger partial charge in [0.05, 0.1) is 18.2 Å². The summed E-state index contributed by atoms with van der Waals surface area (Å²) in [6.45, 7) is 2.09. The van der Waals surface area contributed by atoms with E-state index in [-0.39, 0.29) is 29.8 Å². The molecule has 2 aromatic carbocycles. The van der Waals surface area contributed by atoms with E-state index in [4.69, 9.17) is 4.74 Å². The quantitative estimate of drug-likeness (QED) is 0.416. The summed E-state index contributed by atoms with van der Waals surface area (Å²) in [4.78, 5) is 27.7. The Kier molecular flexibility index (Phi) is 5.67. The zero-order valence-corrected chi connectivity index (χ0v) is 19.1. The Balaban J connectivity index is 1.73. The van der Waals surface area contributed by atoms with Crippen molar-refractivity contribution in [3.8, 4) is 0 Å². The predicted molar refractivity (Wildman–Crippen MR) is 119 cm³/mol. The molecule has 2 aliphatic rings. The highest BCUT2D eigenvalue weighted by molar-refractivity contribution is 9.25. The Morgan fingerprint density at radius 1 is 1.03 bits per heavy atom. The first kappa shape index (κ1) is 20.4. The Hall–Kier alpha value is -1.92. The summed E-state index contributed by atoms with van der Waals surface area (Å²) < 4.78 is 4.91. The number of nitrogens with zero attached hydrogens (tertiary/aromatic N) is 1. The highest BCUT2D eigenvalue weighted by atomic mass is 79.9. The third-order valence-electron chi connectivity index (χ3n) is 5.55. The zero-order chi connectivity index (χ0) is 20.6. The van der Waals surface area contributed by atoms with Gasteiger partial charge < -0.3 is 9.64 Å². The molecule has 4 nitrogen and oxygen atoms in total. The molecular formula is C23H21Br2NO3. The van der Waals surface area contributed by atoms with Crippen LogP contribution in [-0.4, -0.2) is 32.7 Å². The van der Waals surface area contributed by atoms with E-state index in [1.165, 1.54) is 0 Å². The van der Waals surface area contributed by atoms with E-state index >= 15 is 0 Å². The Labute approximate surface area is 187 Å². The minimum atomic E-state index is -0.436. The highest BCUT2D eigenvalue weighted by Gasteiger charge is 2.70. The number of rotatable bonds is 5. The van der Waals surface area contributed by atoms with Gasteiger partial charge in [0.2, 0.25) is 0 Å². The van der Waals surface area contributed by atoms with Crippen molar-refractivity contribution < 1.29 is 14.3 Å². The number of carbonyl (C=O) groups excluding carboxylic acids is 2. The number of alkyl halides is 2. The molecule has 3 atom stereocenters. The van der Waals surface area contributed by atoms with Crippen LogP contribution in [-0.2, 0) is 16.0 Å². The van der Waals surface area contributed by atoms with Crippen LogP contribution in [0.1, 0.15) is 22.8 Å². The minimum absolute atomic E-state index is 0.0553. The number of halogens is 2. The van der Waals surface area contributed by atoms with Crippen molar-refractivity contribution in [3.63, 3.8) is 0 Å². The van der Waals surface area contributed by atoms with E-state index in [0.717, 1.165) is 5.56 Å². The Morgan fingerprint density at radius 2 is 1.66 bits per heavy atom. The van der Waals surface area contributed by atoms with Gasteiger partial charge >= 0.3 is 5.97 Å². The minimum Gasteiger partial charge on any atom is -0.463 e. The number of benzene rings is 2. The van der Waals surface area contributed by atoms with Crippen LogP contribution in [0, 0.1) is 11.8 Å². The third kappa shape index (κ3) is 3.80. The maximum Gasteiger partial charge on any atom is 0.335 e. The molecule has 1 aliphatic carbocycles. The SMILES string of the molecule is CCOC(=O)C1=CN(C(=O)c2ccccc2)[C@@H]2[C@H]([C@H]1Cc1ccccc1)C2(Br)Br. The van der Waals surface area contributed by atoms with Crippen LogP contribution in [0.3, 0.4) is 0 Å². The van der Waals surface area contributed by atoms with Gasteiger partial charge in [-0.05, 0) is 31.0 Å². The van der Waals surface area contributed by atoms with Gasteiger partial charge in [-0.1, -0.05) is 80.4 Å². The smallest absolute Gasteiger partial charge is 0.335 e. The summed E-state index contributed by atoms with van der Waals surface area (Å²) in [6.07, 6.45) is 2.41. The molecular weight excluding hydrogens is 498 g/mol. The van der Waals surface area contributed by atoms with Gasteiger partial charge in [0.1, 0.15) is 3.23 Å². The average molecular weight is 519 g/mol. The maximum atomic E-state index is 13.2. The number of hydrogen-bond donors (Lipinski definition) is 0. The lowest BCUT2D eigenvalue weighted by atomic mass is 9.85. The van der Waals surface area contributed by atoms with Crippen molar-refractivity contribution in [1.29, 1.82) is 0 Å². The van der Waals surface area contributed by atoms with Crippen LogP contribution in [0.25, 0.3) is 0 Å². The van der Waals surface area contributed by atoms with Crippen molar-refractivity contribution >= 4 is 43.7 Å². The number of ether oxygens (including phenoxy) is 1. The second kappa shape index (κ2) is 8.07. The molecule has 29 heavy (non-hydrogen) atoms. The lowest BCUT2D eigenvalue weighted by Gasteiger charge is -2.29. The van der Waals surface area contributed by atoms with Gasteiger partial charge in [0, 0.05) is 23.6 Å². The van der Waals surface area contributed by atoms with Gasteiger partial charge in [-0.2, -0.15) is 0 Å². The first-order valence-corrected chi connectivity index (χ1v) is 11.2. The molecule has 0 N–H and O–H groups in total. The van der Waals surface area contributed by atoms with Gasteiger partial charge in [0.15, 0.2) is 0 Å². The van der Waals surface area contributed by atoms with Gasteiger partial charge in [-0.15, -0.1) is 0 Å². The molecule has 1 amide bonds. The largest absolute Gasteiger partial charge is 0.463 e. The molecule has 0 saturated heterocycles. The summed E-state index contributed by atoms with van der Waals surface area (Å²) in [5.74, 6) is -0.485. The van der Waals surface area contributed by atoms with E-state index < -0.39 is 3.23 Å². The number of esters is 1. The molecule has 1 saturated carbocycles. The molecule has 0 unspecified atom stereocenters. The molecule has 1 aliphatic heterocycles. The fourth-order valence-electron chi connectivity index (χ4n) is 4.14. The second-order valence-corrected chi connectivity index (χ2v) is 11.0. The Bertz CT molecular complexity index is 943. The lowest BCUT2D eigenvalue weighted by Crippen LogP contribution is -2.37. The lowest BCUT2D eigenvalue weighted by molar-refractivity contribution is -0.139.